The fraction of sp³-hybridized carbons (Fsp3) is 0.906. The Morgan fingerprint density at radius 1 is 0.765 bits per heavy atom. The molecule has 192 valence electrons. The third kappa shape index (κ3) is 3.08. The molecule has 5 aliphatic carbocycles. The van der Waals surface area contributed by atoms with Gasteiger partial charge < -0.3 is 4.74 Å². The van der Waals surface area contributed by atoms with Gasteiger partial charge in [0, 0.05) is 12.3 Å². The van der Waals surface area contributed by atoms with Crippen LogP contribution in [0.2, 0.25) is 0 Å². The summed E-state index contributed by atoms with van der Waals surface area (Å²) in [4.78, 5) is 11.9. The highest BCUT2D eigenvalue weighted by Crippen LogP contribution is 2.77. The molecule has 34 heavy (non-hydrogen) atoms. The quantitative estimate of drug-likeness (QED) is 0.299. The van der Waals surface area contributed by atoms with Gasteiger partial charge in [0.25, 0.3) is 0 Å². The van der Waals surface area contributed by atoms with Gasteiger partial charge in [0.15, 0.2) is 0 Å². The minimum absolute atomic E-state index is 0.0550. The largest absolute Gasteiger partial charge is 0.462 e. The summed E-state index contributed by atoms with van der Waals surface area (Å²) in [6.45, 7) is 23.9. The molecule has 0 aromatic rings. The van der Waals surface area contributed by atoms with E-state index in [0.717, 1.165) is 30.1 Å². The second-order valence-electron chi connectivity index (χ2n) is 15.3. The van der Waals surface area contributed by atoms with Crippen LogP contribution in [0.5, 0.6) is 0 Å². The number of ether oxygens (including phenoxy) is 1. The lowest BCUT2D eigenvalue weighted by Gasteiger charge is -2.73. The van der Waals surface area contributed by atoms with Crippen molar-refractivity contribution in [2.75, 3.05) is 0 Å². The van der Waals surface area contributed by atoms with Gasteiger partial charge in [-0.05, 0) is 122 Å². The lowest BCUT2D eigenvalue weighted by atomic mass is 9.32. The van der Waals surface area contributed by atoms with Crippen LogP contribution in [-0.2, 0) is 9.53 Å². The zero-order valence-corrected chi connectivity index (χ0v) is 23.6. The van der Waals surface area contributed by atoms with E-state index in [2.05, 4.69) is 55.0 Å². The fourth-order valence-electron chi connectivity index (χ4n) is 11.9. The van der Waals surface area contributed by atoms with Crippen molar-refractivity contribution >= 4 is 5.97 Å². The van der Waals surface area contributed by atoms with Crippen molar-refractivity contribution in [1.29, 1.82) is 0 Å². The van der Waals surface area contributed by atoms with Crippen molar-refractivity contribution < 1.29 is 9.53 Å². The van der Waals surface area contributed by atoms with E-state index in [0.29, 0.717) is 27.6 Å². The molecule has 0 aliphatic heterocycles. The normalized spacial score (nSPS) is 53.6. The van der Waals surface area contributed by atoms with E-state index >= 15 is 0 Å². The highest BCUT2D eigenvalue weighted by molar-refractivity contribution is 5.66. The molecule has 0 saturated heterocycles. The number of carbonyl (C=O) groups excluding carboxylic acids is 1. The van der Waals surface area contributed by atoms with E-state index in [1.54, 1.807) is 6.92 Å². The van der Waals surface area contributed by atoms with Crippen LogP contribution >= 0.6 is 0 Å². The van der Waals surface area contributed by atoms with Crippen molar-refractivity contribution in [2.24, 2.45) is 56.7 Å². The zero-order valence-electron chi connectivity index (χ0n) is 23.6. The number of hydrogen-bond donors (Lipinski definition) is 0. The maximum atomic E-state index is 11.9. The Balaban J connectivity index is 1.50. The van der Waals surface area contributed by atoms with Crippen LogP contribution in [-0.4, -0.2) is 12.1 Å². The molecule has 0 bridgehead atoms. The minimum atomic E-state index is -0.107. The van der Waals surface area contributed by atoms with E-state index < -0.39 is 0 Å². The van der Waals surface area contributed by atoms with E-state index in [1.807, 2.05) is 0 Å². The maximum Gasteiger partial charge on any atom is 0.302 e. The van der Waals surface area contributed by atoms with Gasteiger partial charge in [-0.2, -0.15) is 0 Å². The molecule has 0 spiro atoms. The van der Waals surface area contributed by atoms with Crippen molar-refractivity contribution in [3.63, 3.8) is 0 Å². The second-order valence-corrected chi connectivity index (χ2v) is 15.3. The Labute approximate surface area is 210 Å². The summed E-state index contributed by atoms with van der Waals surface area (Å²) in [5.41, 5.74) is 3.23. The van der Waals surface area contributed by atoms with Gasteiger partial charge in [-0.25, -0.2) is 0 Å². The van der Waals surface area contributed by atoms with E-state index in [4.69, 9.17) is 4.74 Å². The van der Waals surface area contributed by atoms with Gasteiger partial charge in [-0.15, -0.1) is 0 Å². The molecular formula is C32H52O2. The van der Waals surface area contributed by atoms with Gasteiger partial charge in [-0.3, -0.25) is 4.79 Å². The molecule has 5 rings (SSSR count). The molecule has 0 radical (unpaired) electrons. The Hall–Kier alpha value is -0.790. The van der Waals surface area contributed by atoms with Crippen LogP contribution < -0.4 is 0 Å². The number of esters is 1. The van der Waals surface area contributed by atoms with Crippen LogP contribution in [0.1, 0.15) is 120 Å². The molecule has 10 atom stereocenters. The second kappa shape index (κ2) is 7.61. The fourth-order valence-corrected chi connectivity index (χ4v) is 11.9. The monoisotopic (exact) mass is 468 g/mol. The predicted molar refractivity (Wildman–Crippen MR) is 140 cm³/mol. The summed E-state index contributed by atoms with van der Waals surface area (Å²) in [5.74, 6) is 3.74. The average Bonchev–Trinajstić information content (AvgIpc) is 3.08. The van der Waals surface area contributed by atoms with Crippen LogP contribution in [0.4, 0.5) is 0 Å². The standard InChI is InChI=1S/C32H52O2/c1-20(2)22-12-15-29(6)18-19-31(8)23(27(22)29)10-11-25-30(7)16-14-26(34-21(3)33)28(4,5)24(30)13-17-32(25,31)9/h22-27H,1,10-19H2,2-9H3/t22?,23?,24-,25?,26+,27?,29?,30?,31+,32?/m0/s1. The minimum Gasteiger partial charge on any atom is -0.462 e. The molecule has 5 fully saturated rings. The lowest BCUT2D eigenvalue weighted by molar-refractivity contribution is -0.248. The number of hydrogen-bond acceptors (Lipinski definition) is 2. The third-order valence-corrected chi connectivity index (χ3v) is 13.7. The molecule has 0 aromatic carbocycles. The summed E-state index contributed by atoms with van der Waals surface area (Å²) in [5, 5.41) is 0. The molecule has 5 aliphatic rings. The van der Waals surface area contributed by atoms with Crippen molar-refractivity contribution in [3.05, 3.63) is 12.2 Å². The number of carbonyl (C=O) groups is 1. The molecular weight excluding hydrogens is 416 g/mol. The van der Waals surface area contributed by atoms with Crippen molar-refractivity contribution in [2.45, 2.75) is 126 Å². The Bertz CT molecular complexity index is 872. The van der Waals surface area contributed by atoms with Gasteiger partial charge >= 0.3 is 5.97 Å². The predicted octanol–water partition coefficient (Wildman–Crippen LogP) is 8.60. The molecule has 0 heterocycles. The first-order valence-corrected chi connectivity index (χ1v) is 14.5. The maximum absolute atomic E-state index is 11.9. The van der Waals surface area contributed by atoms with E-state index in [9.17, 15) is 4.79 Å². The lowest BCUT2D eigenvalue weighted by Crippen LogP contribution is -2.66. The molecule has 7 unspecified atom stereocenters. The first-order valence-electron chi connectivity index (χ1n) is 14.5. The van der Waals surface area contributed by atoms with Crippen LogP contribution in [0.15, 0.2) is 12.2 Å². The molecule has 0 amide bonds. The van der Waals surface area contributed by atoms with Crippen LogP contribution in [0.3, 0.4) is 0 Å². The van der Waals surface area contributed by atoms with Crippen LogP contribution in [0, 0.1) is 56.7 Å². The number of fused-ring (bicyclic) bond motifs is 7. The molecule has 0 aromatic heterocycles. The Kier molecular flexibility index (Phi) is 5.57. The summed E-state index contributed by atoms with van der Waals surface area (Å²) in [6.07, 6.45) is 13.4. The highest BCUT2D eigenvalue weighted by atomic mass is 16.5. The summed E-state index contributed by atoms with van der Waals surface area (Å²) >= 11 is 0. The molecule has 2 nitrogen and oxygen atoms in total. The Morgan fingerprint density at radius 3 is 2.12 bits per heavy atom. The van der Waals surface area contributed by atoms with Gasteiger partial charge in [0.05, 0.1) is 0 Å². The topological polar surface area (TPSA) is 26.3 Å². The molecule has 2 heteroatoms. The smallest absolute Gasteiger partial charge is 0.302 e. The van der Waals surface area contributed by atoms with Crippen molar-refractivity contribution in [3.8, 4) is 0 Å². The van der Waals surface area contributed by atoms with Gasteiger partial charge in [0.2, 0.25) is 0 Å². The highest BCUT2D eigenvalue weighted by Gasteiger charge is 2.70. The average molecular weight is 469 g/mol. The van der Waals surface area contributed by atoms with Gasteiger partial charge in [0.1, 0.15) is 6.10 Å². The SMILES string of the molecule is C=C(C)C1CCC2(C)CC[C@]3(C)C(CCC4C5(C)CC[C@@H](OC(C)=O)C(C)(C)[C@@H]5CCC43C)C12. The van der Waals surface area contributed by atoms with E-state index in [-0.39, 0.29) is 17.5 Å². The number of rotatable bonds is 2. The summed E-state index contributed by atoms with van der Waals surface area (Å²) in [6, 6.07) is 0. The first-order chi connectivity index (χ1) is 15.7. The summed E-state index contributed by atoms with van der Waals surface area (Å²) < 4.78 is 5.91. The third-order valence-electron chi connectivity index (χ3n) is 13.7. The molecule has 5 saturated carbocycles. The zero-order chi connectivity index (χ0) is 24.9. The Morgan fingerprint density at radius 2 is 1.47 bits per heavy atom. The van der Waals surface area contributed by atoms with E-state index in [1.165, 1.54) is 63.4 Å². The first kappa shape index (κ1) is 24.9. The number of allylic oxidation sites excluding steroid dienone is 1. The summed E-state index contributed by atoms with van der Waals surface area (Å²) in [7, 11) is 0. The van der Waals surface area contributed by atoms with Gasteiger partial charge in [-0.1, -0.05) is 53.7 Å². The van der Waals surface area contributed by atoms with Crippen LogP contribution in [0.25, 0.3) is 0 Å². The van der Waals surface area contributed by atoms with Crippen molar-refractivity contribution in [1.82, 2.24) is 0 Å². The molecule has 0 N–H and O–H groups in total.